The second kappa shape index (κ2) is 7.70. The minimum absolute atomic E-state index is 0.111. The number of carbonyl (C=O) groups excluding carboxylic acids is 1. The second-order valence-electron chi connectivity index (χ2n) is 7.29. The molecule has 1 N–H and O–H groups in total. The Bertz CT molecular complexity index is 1380. The van der Waals surface area contributed by atoms with Gasteiger partial charge in [-0.25, -0.2) is 0 Å². The Hall–Kier alpha value is -4.39. The standard InChI is InChI=1S/C22H19N7O3/c1-4-9-32-16-6-5-14(10-17(16)31-3)15-11-20(30)24-22-21(15)13(2)26-29(22)19-8-7-18-25-23-12-28(18)27-19/h1,5-8,10,12,15H,9,11H2,2-3H3,(H,24,30). The normalized spacial score (nSPS) is 15.2. The van der Waals surface area contributed by atoms with Gasteiger partial charge in [-0.3, -0.25) is 4.79 Å². The summed E-state index contributed by atoms with van der Waals surface area (Å²) in [6.07, 6.45) is 7.09. The molecule has 1 aliphatic rings. The van der Waals surface area contributed by atoms with E-state index in [1.54, 1.807) is 34.5 Å². The van der Waals surface area contributed by atoms with Crippen LogP contribution in [0.25, 0.3) is 11.5 Å². The van der Waals surface area contributed by atoms with Crippen molar-refractivity contribution in [3.05, 3.63) is 53.5 Å². The number of ether oxygens (including phenoxy) is 2. The lowest BCUT2D eigenvalue weighted by Crippen LogP contribution is -2.25. The first-order valence-electron chi connectivity index (χ1n) is 9.90. The zero-order valence-electron chi connectivity index (χ0n) is 17.4. The molecule has 1 aromatic carbocycles. The van der Waals surface area contributed by atoms with E-state index in [1.165, 1.54) is 6.33 Å². The molecule has 1 amide bonds. The summed E-state index contributed by atoms with van der Waals surface area (Å²) in [4.78, 5) is 12.7. The highest BCUT2D eigenvalue weighted by Crippen LogP contribution is 2.42. The van der Waals surface area contributed by atoms with Crippen molar-refractivity contribution >= 4 is 17.4 Å². The Kier molecular flexibility index (Phi) is 4.71. The molecule has 0 bridgehead atoms. The quantitative estimate of drug-likeness (QED) is 0.484. The third-order valence-electron chi connectivity index (χ3n) is 5.37. The topological polar surface area (TPSA) is 108 Å². The van der Waals surface area contributed by atoms with E-state index in [0.29, 0.717) is 28.8 Å². The fourth-order valence-electron chi connectivity index (χ4n) is 3.97. The number of aromatic nitrogens is 6. The van der Waals surface area contributed by atoms with Crippen molar-refractivity contribution in [1.29, 1.82) is 0 Å². The van der Waals surface area contributed by atoms with Gasteiger partial charge in [0.2, 0.25) is 5.91 Å². The predicted octanol–water partition coefficient (Wildman–Crippen LogP) is 2.11. The number of hydrogen-bond acceptors (Lipinski definition) is 7. The first-order chi connectivity index (χ1) is 15.6. The molecule has 10 nitrogen and oxygen atoms in total. The summed E-state index contributed by atoms with van der Waals surface area (Å²) < 4.78 is 14.2. The van der Waals surface area contributed by atoms with Gasteiger partial charge in [0.15, 0.2) is 23.0 Å². The number of benzene rings is 1. The predicted molar refractivity (Wildman–Crippen MR) is 115 cm³/mol. The third-order valence-corrected chi connectivity index (χ3v) is 5.37. The minimum atomic E-state index is -0.207. The molecule has 32 heavy (non-hydrogen) atoms. The van der Waals surface area contributed by atoms with Crippen molar-refractivity contribution in [2.75, 3.05) is 19.0 Å². The highest BCUT2D eigenvalue weighted by atomic mass is 16.5. The van der Waals surface area contributed by atoms with Gasteiger partial charge in [0, 0.05) is 17.9 Å². The van der Waals surface area contributed by atoms with E-state index in [2.05, 4.69) is 31.6 Å². The molecule has 0 saturated carbocycles. The Morgan fingerprint density at radius 1 is 1.25 bits per heavy atom. The van der Waals surface area contributed by atoms with Crippen LogP contribution in [0, 0.1) is 19.3 Å². The number of methoxy groups -OCH3 is 1. The molecule has 10 heteroatoms. The molecule has 3 aromatic heterocycles. The van der Waals surface area contributed by atoms with Crippen LogP contribution in [0.15, 0.2) is 36.7 Å². The highest BCUT2D eigenvalue weighted by Gasteiger charge is 2.33. The van der Waals surface area contributed by atoms with E-state index in [9.17, 15) is 4.79 Å². The van der Waals surface area contributed by atoms with Crippen LogP contribution in [-0.4, -0.2) is 49.2 Å². The molecule has 0 saturated heterocycles. The molecule has 0 spiro atoms. The summed E-state index contributed by atoms with van der Waals surface area (Å²) in [6, 6.07) is 9.17. The number of terminal acetylenes is 1. The number of amides is 1. The van der Waals surface area contributed by atoms with E-state index >= 15 is 0 Å². The molecule has 1 atom stereocenters. The maximum Gasteiger partial charge on any atom is 0.226 e. The highest BCUT2D eigenvalue weighted by molar-refractivity contribution is 5.95. The summed E-state index contributed by atoms with van der Waals surface area (Å²) in [6.45, 7) is 2.06. The number of carbonyl (C=O) groups is 1. The van der Waals surface area contributed by atoms with Crippen LogP contribution in [-0.2, 0) is 4.79 Å². The third kappa shape index (κ3) is 3.20. The molecule has 160 valence electrons. The Morgan fingerprint density at radius 2 is 2.12 bits per heavy atom. The zero-order valence-corrected chi connectivity index (χ0v) is 17.4. The maximum absolute atomic E-state index is 12.7. The van der Waals surface area contributed by atoms with Crippen molar-refractivity contribution < 1.29 is 14.3 Å². The molecular weight excluding hydrogens is 410 g/mol. The van der Waals surface area contributed by atoms with E-state index in [0.717, 1.165) is 16.8 Å². The first kappa shape index (κ1) is 19.6. The van der Waals surface area contributed by atoms with Gasteiger partial charge in [-0.15, -0.1) is 21.7 Å². The number of anilines is 1. The van der Waals surface area contributed by atoms with Crippen molar-refractivity contribution in [2.45, 2.75) is 19.3 Å². The van der Waals surface area contributed by atoms with Crippen LogP contribution in [0.2, 0.25) is 0 Å². The van der Waals surface area contributed by atoms with E-state index in [4.69, 9.17) is 15.9 Å². The number of rotatable bonds is 5. The number of hydrogen-bond donors (Lipinski definition) is 1. The molecule has 0 fully saturated rings. The monoisotopic (exact) mass is 429 g/mol. The number of nitrogens with zero attached hydrogens (tertiary/aromatic N) is 6. The van der Waals surface area contributed by atoms with Crippen molar-refractivity contribution in [1.82, 2.24) is 29.6 Å². The molecule has 5 rings (SSSR count). The van der Waals surface area contributed by atoms with E-state index < -0.39 is 0 Å². The van der Waals surface area contributed by atoms with Crippen LogP contribution in [0.5, 0.6) is 11.5 Å². The van der Waals surface area contributed by atoms with Crippen molar-refractivity contribution in [3.63, 3.8) is 0 Å². The summed E-state index contributed by atoms with van der Waals surface area (Å²) in [5, 5.41) is 20.0. The zero-order chi connectivity index (χ0) is 22.2. The molecule has 4 aromatic rings. The summed E-state index contributed by atoms with van der Waals surface area (Å²) in [5.74, 6) is 4.36. The second-order valence-corrected chi connectivity index (χ2v) is 7.29. The minimum Gasteiger partial charge on any atom is -0.493 e. The molecular formula is C22H19N7O3. The maximum atomic E-state index is 12.7. The molecule has 0 radical (unpaired) electrons. The number of fused-ring (bicyclic) bond motifs is 2. The summed E-state index contributed by atoms with van der Waals surface area (Å²) >= 11 is 0. The van der Waals surface area contributed by atoms with Crippen LogP contribution < -0.4 is 14.8 Å². The van der Waals surface area contributed by atoms with Gasteiger partial charge in [0.1, 0.15) is 18.8 Å². The summed E-state index contributed by atoms with van der Waals surface area (Å²) in [7, 11) is 1.57. The molecule has 1 unspecified atom stereocenters. The van der Waals surface area contributed by atoms with Crippen LogP contribution in [0.4, 0.5) is 5.82 Å². The van der Waals surface area contributed by atoms with Crippen LogP contribution >= 0.6 is 0 Å². The van der Waals surface area contributed by atoms with Gasteiger partial charge in [-0.05, 0) is 36.8 Å². The lowest BCUT2D eigenvalue weighted by molar-refractivity contribution is -0.116. The Balaban J connectivity index is 1.59. The fourth-order valence-corrected chi connectivity index (χ4v) is 3.97. The lowest BCUT2D eigenvalue weighted by Gasteiger charge is -2.25. The Morgan fingerprint density at radius 3 is 2.94 bits per heavy atom. The van der Waals surface area contributed by atoms with Gasteiger partial charge in [-0.1, -0.05) is 12.0 Å². The average molecular weight is 429 g/mol. The smallest absolute Gasteiger partial charge is 0.226 e. The van der Waals surface area contributed by atoms with Crippen LogP contribution in [0.1, 0.15) is 29.2 Å². The van der Waals surface area contributed by atoms with Gasteiger partial charge in [0.25, 0.3) is 0 Å². The molecule has 4 heterocycles. The largest absolute Gasteiger partial charge is 0.493 e. The summed E-state index contributed by atoms with van der Waals surface area (Å²) in [5.41, 5.74) is 3.25. The van der Waals surface area contributed by atoms with Gasteiger partial charge in [0.05, 0.1) is 12.8 Å². The van der Waals surface area contributed by atoms with Gasteiger partial charge in [-0.2, -0.15) is 14.3 Å². The lowest BCUT2D eigenvalue weighted by atomic mass is 9.85. The van der Waals surface area contributed by atoms with Crippen molar-refractivity contribution in [3.8, 4) is 29.7 Å². The van der Waals surface area contributed by atoms with Gasteiger partial charge >= 0.3 is 0 Å². The average Bonchev–Trinajstić information content (AvgIpc) is 3.40. The number of nitrogens with one attached hydrogen (secondary N) is 1. The van der Waals surface area contributed by atoms with E-state index in [1.807, 2.05) is 19.1 Å². The molecule has 1 aliphatic heterocycles. The van der Waals surface area contributed by atoms with Gasteiger partial charge < -0.3 is 14.8 Å². The van der Waals surface area contributed by atoms with Crippen molar-refractivity contribution in [2.24, 2.45) is 0 Å². The number of aryl methyl sites for hydroxylation is 1. The fraction of sp³-hybridized carbons (Fsp3) is 0.227. The van der Waals surface area contributed by atoms with Crippen LogP contribution in [0.3, 0.4) is 0 Å². The first-order valence-corrected chi connectivity index (χ1v) is 9.90. The molecule has 0 aliphatic carbocycles. The SMILES string of the molecule is C#CCOc1ccc(C2CC(=O)Nc3c2c(C)nn3-c2ccc3nncn3n2)cc1OC. The Labute approximate surface area is 183 Å². The van der Waals surface area contributed by atoms with E-state index in [-0.39, 0.29) is 24.9 Å².